The Kier molecular flexibility index (Phi) is 3.15. The molecule has 0 atom stereocenters. The van der Waals surface area contributed by atoms with Gasteiger partial charge in [0.25, 0.3) is 0 Å². The molecule has 1 aromatic carbocycles. The Hall–Kier alpha value is -1.45. The van der Waals surface area contributed by atoms with Gasteiger partial charge in [0, 0.05) is 17.1 Å². The standard InChI is InChI=1S/C15H18F3N/c1-5-9-6-13-10(7-11(9)15(16,17)18)12(8-19-13)14(2,3)4/h6-8,19H,5H2,1-4H3. The number of halogens is 3. The smallest absolute Gasteiger partial charge is 0.361 e. The maximum atomic E-state index is 13.1. The molecule has 0 amide bonds. The van der Waals surface area contributed by atoms with Crippen LogP contribution in [-0.2, 0) is 18.0 Å². The number of alkyl halides is 3. The summed E-state index contributed by atoms with van der Waals surface area (Å²) in [6.45, 7) is 7.73. The third-order valence-electron chi connectivity index (χ3n) is 3.40. The second kappa shape index (κ2) is 4.29. The van der Waals surface area contributed by atoms with Crippen molar-refractivity contribution >= 4 is 10.9 Å². The van der Waals surface area contributed by atoms with Crippen LogP contribution < -0.4 is 0 Å². The molecule has 0 aliphatic heterocycles. The van der Waals surface area contributed by atoms with E-state index >= 15 is 0 Å². The zero-order valence-corrected chi connectivity index (χ0v) is 11.6. The van der Waals surface area contributed by atoms with E-state index in [9.17, 15) is 13.2 Å². The van der Waals surface area contributed by atoms with E-state index in [2.05, 4.69) is 4.98 Å². The van der Waals surface area contributed by atoms with Crippen molar-refractivity contribution in [1.82, 2.24) is 4.98 Å². The number of fused-ring (bicyclic) bond motifs is 1. The van der Waals surface area contributed by atoms with Gasteiger partial charge in [-0.25, -0.2) is 0 Å². The largest absolute Gasteiger partial charge is 0.416 e. The lowest BCUT2D eigenvalue weighted by Gasteiger charge is -2.18. The van der Waals surface area contributed by atoms with Crippen LogP contribution in [0, 0.1) is 0 Å². The zero-order chi connectivity index (χ0) is 14.4. The highest BCUT2D eigenvalue weighted by molar-refractivity contribution is 5.86. The van der Waals surface area contributed by atoms with Crippen LogP contribution in [0.1, 0.15) is 44.4 Å². The minimum Gasteiger partial charge on any atom is -0.361 e. The predicted molar refractivity (Wildman–Crippen MR) is 71.4 cm³/mol. The minimum atomic E-state index is -4.30. The Balaban J connectivity index is 2.76. The molecule has 0 saturated heterocycles. The predicted octanol–water partition coefficient (Wildman–Crippen LogP) is 5.05. The second-order valence-corrected chi connectivity index (χ2v) is 5.86. The Morgan fingerprint density at radius 3 is 2.16 bits per heavy atom. The highest BCUT2D eigenvalue weighted by Crippen LogP contribution is 2.38. The van der Waals surface area contributed by atoms with Crippen LogP contribution in [0.25, 0.3) is 10.9 Å². The van der Waals surface area contributed by atoms with E-state index in [1.807, 2.05) is 27.0 Å². The lowest BCUT2D eigenvalue weighted by molar-refractivity contribution is -0.138. The molecule has 1 nitrogen and oxygen atoms in total. The van der Waals surface area contributed by atoms with E-state index in [1.54, 1.807) is 13.0 Å². The summed E-state index contributed by atoms with van der Waals surface area (Å²) >= 11 is 0. The van der Waals surface area contributed by atoms with Gasteiger partial charge in [-0.2, -0.15) is 13.2 Å². The molecule has 0 aliphatic rings. The fourth-order valence-electron chi connectivity index (χ4n) is 2.39. The summed E-state index contributed by atoms with van der Waals surface area (Å²) in [5.74, 6) is 0. The van der Waals surface area contributed by atoms with Crippen LogP contribution in [0.3, 0.4) is 0 Å². The van der Waals surface area contributed by atoms with Crippen molar-refractivity contribution in [2.45, 2.75) is 45.7 Å². The van der Waals surface area contributed by atoms with Gasteiger partial charge in [0.2, 0.25) is 0 Å². The summed E-state index contributed by atoms with van der Waals surface area (Å²) in [6, 6.07) is 2.90. The van der Waals surface area contributed by atoms with Crippen molar-refractivity contribution in [2.75, 3.05) is 0 Å². The van der Waals surface area contributed by atoms with Gasteiger partial charge in [-0.1, -0.05) is 27.7 Å². The van der Waals surface area contributed by atoms with Crippen LogP contribution in [0.4, 0.5) is 13.2 Å². The highest BCUT2D eigenvalue weighted by atomic mass is 19.4. The Morgan fingerprint density at radius 2 is 1.68 bits per heavy atom. The fourth-order valence-corrected chi connectivity index (χ4v) is 2.39. The van der Waals surface area contributed by atoms with Crippen molar-refractivity contribution in [3.63, 3.8) is 0 Å². The molecule has 1 aromatic heterocycles. The highest BCUT2D eigenvalue weighted by Gasteiger charge is 2.34. The number of aromatic amines is 1. The van der Waals surface area contributed by atoms with E-state index in [1.165, 1.54) is 6.07 Å². The zero-order valence-electron chi connectivity index (χ0n) is 11.6. The van der Waals surface area contributed by atoms with Crippen molar-refractivity contribution in [3.05, 3.63) is 35.0 Å². The summed E-state index contributed by atoms with van der Waals surface area (Å²) in [4.78, 5) is 3.08. The average molecular weight is 269 g/mol. The Labute approximate surface area is 110 Å². The number of aromatic nitrogens is 1. The first kappa shape index (κ1) is 14.0. The molecule has 1 N–H and O–H groups in total. The quantitative estimate of drug-likeness (QED) is 0.746. The molecule has 0 bridgehead atoms. The molecule has 1 heterocycles. The maximum Gasteiger partial charge on any atom is 0.416 e. The summed E-state index contributed by atoms with van der Waals surface area (Å²) in [7, 11) is 0. The summed E-state index contributed by atoms with van der Waals surface area (Å²) in [5.41, 5.74) is 1.31. The molecule has 0 radical (unpaired) electrons. The third-order valence-corrected chi connectivity index (χ3v) is 3.40. The normalized spacial score (nSPS) is 13.2. The van der Waals surface area contributed by atoms with Crippen molar-refractivity contribution in [2.24, 2.45) is 0 Å². The molecular weight excluding hydrogens is 251 g/mol. The van der Waals surface area contributed by atoms with Crippen molar-refractivity contribution in [3.8, 4) is 0 Å². The Bertz CT molecular complexity index is 600. The maximum absolute atomic E-state index is 13.1. The number of rotatable bonds is 1. The monoisotopic (exact) mass is 269 g/mol. The van der Waals surface area contributed by atoms with Gasteiger partial charge < -0.3 is 4.98 Å². The van der Waals surface area contributed by atoms with Gasteiger partial charge in [-0.3, -0.25) is 0 Å². The van der Waals surface area contributed by atoms with Crippen LogP contribution in [0.2, 0.25) is 0 Å². The van der Waals surface area contributed by atoms with Crippen molar-refractivity contribution < 1.29 is 13.2 Å². The molecule has 2 aromatic rings. The van der Waals surface area contributed by atoms with Crippen LogP contribution in [0.15, 0.2) is 18.3 Å². The van der Waals surface area contributed by atoms with Crippen LogP contribution >= 0.6 is 0 Å². The van der Waals surface area contributed by atoms with Crippen molar-refractivity contribution in [1.29, 1.82) is 0 Å². The molecule has 0 saturated carbocycles. The molecule has 2 rings (SSSR count). The summed E-state index contributed by atoms with van der Waals surface area (Å²) < 4.78 is 39.3. The Morgan fingerprint density at radius 1 is 1.05 bits per heavy atom. The fraction of sp³-hybridized carbons (Fsp3) is 0.467. The number of H-pyrrole nitrogens is 1. The van der Waals surface area contributed by atoms with Gasteiger partial charge in [0.1, 0.15) is 0 Å². The van der Waals surface area contributed by atoms with E-state index in [0.29, 0.717) is 17.4 Å². The minimum absolute atomic E-state index is 0.186. The number of hydrogen-bond donors (Lipinski definition) is 1. The molecule has 0 aliphatic carbocycles. The lowest BCUT2D eigenvalue weighted by atomic mass is 9.86. The summed E-state index contributed by atoms with van der Waals surface area (Å²) in [6.07, 6.45) is -2.12. The first-order valence-electron chi connectivity index (χ1n) is 6.36. The van der Waals surface area contributed by atoms with Gasteiger partial charge in [0.05, 0.1) is 5.56 Å². The number of aryl methyl sites for hydroxylation is 1. The molecule has 19 heavy (non-hydrogen) atoms. The molecule has 104 valence electrons. The van der Waals surface area contributed by atoms with Gasteiger partial charge in [0.15, 0.2) is 0 Å². The number of hydrogen-bond acceptors (Lipinski definition) is 0. The molecule has 0 spiro atoms. The second-order valence-electron chi connectivity index (χ2n) is 5.86. The molecule has 4 heteroatoms. The first-order chi connectivity index (χ1) is 8.64. The molecule has 0 fully saturated rings. The average Bonchev–Trinajstić information content (AvgIpc) is 2.68. The SMILES string of the molecule is CCc1cc2[nH]cc(C(C)(C)C)c2cc1C(F)(F)F. The topological polar surface area (TPSA) is 15.8 Å². The first-order valence-corrected chi connectivity index (χ1v) is 6.36. The van der Waals surface area contributed by atoms with Gasteiger partial charge in [-0.05, 0) is 35.1 Å². The van der Waals surface area contributed by atoms with E-state index < -0.39 is 11.7 Å². The van der Waals surface area contributed by atoms with Gasteiger partial charge >= 0.3 is 6.18 Å². The van der Waals surface area contributed by atoms with Crippen LogP contribution in [0.5, 0.6) is 0 Å². The van der Waals surface area contributed by atoms with Crippen LogP contribution in [-0.4, -0.2) is 4.98 Å². The van der Waals surface area contributed by atoms with E-state index in [-0.39, 0.29) is 5.41 Å². The van der Waals surface area contributed by atoms with E-state index in [4.69, 9.17) is 0 Å². The summed E-state index contributed by atoms with van der Waals surface area (Å²) in [5, 5.41) is 0.664. The number of nitrogens with one attached hydrogen (secondary N) is 1. The lowest BCUT2D eigenvalue weighted by Crippen LogP contribution is -2.12. The van der Waals surface area contributed by atoms with Gasteiger partial charge in [-0.15, -0.1) is 0 Å². The molecular formula is C15H18F3N. The third kappa shape index (κ3) is 2.48. The number of benzene rings is 1. The molecule has 0 unspecified atom stereocenters. The van der Waals surface area contributed by atoms with E-state index in [0.717, 1.165) is 11.1 Å².